The van der Waals surface area contributed by atoms with Gasteiger partial charge in [0, 0.05) is 5.41 Å². The molecule has 23 heavy (non-hydrogen) atoms. The molecule has 0 aromatic heterocycles. The van der Waals surface area contributed by atoms with Gasteiger partial charge < -0.3 is 29.9 Å². The van der Waals surface area contributed by atoms with E-state index in [9.17, 15) is 30.0 Å². The summed E-state index contributed by atoms with van der Waals surface area (Å²) in [6, 6.07) is 0. The number of esters is 2. The first-order valence-electron chi connectivity index (χ1n) is 7.76. The van der Waals surface area contributed by atoms with Gasteiger partial charge in [0.2, 0.25) is 5.60 Å². The van der Waals surface area contributed by atoms with Crippen molar-refractivity contribution in [3.8, 4) is 0 Å². The minimum absolute atomic E-state index is 0.115. The summed E-state index contributed by atoms with van der Waals surface area (Å²) in [7, 11) is 0. The molecule has 0 unspecified atom stereocenters. The maximum Gasteiger partial charge on any atom is 0.342 e. The number of hydrogen-bond donors (Lipinski definition) is 4. The van der Waals surface area contributed by atoms with Gasteiger partial charge in [0.1, 0.15) is 18.3 Å². The Hall–Kier alpha value is -1.22. The fraction of sp³-hybridized carbons (Fsp3) is 0.867. The topological polar surface area (TPSA) is 134 Å². The van der Waals surface area contributed by atoms with Gasteiger partial charge in [-0.3, -0.25) is 0 Å². The normalized spacial score (nSPS) is 60.8. The molecule has 0 amide bonds. The van der Waals surface area contributed by atoms with Crippen molar-refractivity contribution < 1.29 is 39.5 Å². The SMILES string of the molecule is C[C@@H]1C[C@@H](O)[C@@]2(O)[C@@]13C[C@H](OC(=O)[C@@H]3O)[C@@]1(O)C(=O)OC[C@@]21C. The average Bonchev–Trinajstić information content (AvgIpc) is 2.85. The Labute approximate surface area is 132 Å². The summed E-state index contributed by atoms with van der Waals surface area (Å²) in [5.41, 5.74) is -7.32. The highest BCUT2D eigenvalue weighted by molar-refractivity contribution is 5.87. The molecular weight excluding hydrogens is 308 g/mol. The van der Waals surface area contributed by atoms with Crippen molar-refractivity contribution in [1.82, 2.24) is 0 Å². The van der Waals surface area contributed by atoms with Crippen molar-refractivity contribution in [2.45, 2.75) is 56.2 Å². The summed E-state index contributed by atoms with van der Waals surface area (Å²) in [5.74, 6) is -2.40. The van der Waals surface area contributed by atoms with E-state index in [1.165, 1.54) is 6.92 Å². The van der Waals surface area contributed by atoms with Crippen LogP contribution in [0.2, 0.25) is 0 Å². The van der Waals surface area contributed by atoms with Crippen molar-refractivity contribution in [2.75, 3.05) is 6.61 Å². The Kier molecular flexibility index (Phi) is 2.58. The smallest absolute Gasteiger partial charge is 0.342 e. The van der Waals surface area contributed by atoms with Crippen molar-refractivity contribution in [3.63, 3.8) is 0 Å². The minimum atomic E-state index is -2.26. The minimum Gasteiger partial charge on any atom is -0.463 e. The first-order chi connectivity index (χ1) is 10.6. The van der Waals surface area contributed by atoms with Gasteiger partial charge in [-0.05, 0) is 25.7 Å². The van der Waals surface area contributed by atoms with Gasteiger partial charge in [0.15, 0.2) is 6.10 Å². The largest absolute Gasteiger partial charge is 0.463 e. The number of rotatable bonds is 0. The van der Waals surface area contributed by atoms with Crippen molar-refractivity contribution >= 4 is 11.9 Å². The molecule has 2 bridgehead atoms. The van der Waals surface area contributed by atoms with Gasteiger partial charge in [-0.15, -0.1) is 0 Å². The van der Waals surface area contributed by atoms with Crippen LogP contribution in [0.1, 0.15) is 26.7 Å². The summed E-state index contributed by atoms with van der Waals surface area (Å²) < 4.78 is 10.1. The number of aliphatic hydroxyl groups is 4. The van der Waals surface area contributed by atoms with Crippen LogP contribution < -0.4 is 0 Å². The van der Waals surface area contributed by atoms with Gasteiger partial charge in [-0.1, -0.05) is 6.92 Å². The zero-order chi connectivity index (χ0) is 17.0. The second-order valence-corrected chi connectivity index (χ2v) is 7.67. The van der Waals surface area contributed by atoms with E-state index in [-0.39, 0.29) is 19.4 Å². The van der Waals surface area contributed by atoms with Crippen LogP contribution in [0.3, 0.4) is 0 Å². The summed E-state index contributed by atoms with van der Waals surface area (Å²) >= 11 is 0. The molecule has 8 atom stereocenters. The standard InChI is InChI=1S/C15H20O8/c1-6-3-7(16)15(21)12(2)5-22-11(19)14(12,20)8-4-13(6,15)9(17)10(18)23-8/h6-9,16-17,20-21H,3-5H2,1-2H3/t6-,7-,8+,9+,12-,13+,14-,15+/m1/s1. The highest BCUT2D eigenvalue weighted by atomic mass is 16.6. The Morgan fingerprint density at radius 2 is 1.87 bits per heavy atom. The Morgan fingerprint density at radius 1 is 1.22 bits per heavy atom. The zero-order valence-corrected chi connectivity index (χ0v) is 12.9. The molecule has 2 aliphatic heterocycles. The molecule has 4 aliphatic rings. The summed E-state index contributed by atoms with van der Waals surface area (Å²) in [4.78, 5) is 24.4. The van der Waals surface area contributed by atoms with Crippen LogP contribution >= 0.6 is 0 Å². The van der Waals surface area contributed by atoms with Crippen LogP contribution in [-0.4, -0.2) is 68.5 Å². The molecule has 4 fully saturated rings. The number of hydrogen-bond acceptors (Lipinski definition) is 8. The van der Waals surface area contributed by atoms with Crippen molar-refractivity contribution in [1.29, 1.82) is 0 Å². The number of fused-ring (bicyclic) bond motifs is 4. The van der Waals surface area contributed by atoms with Crippen LogP contribution in [0, 0.1) is 16.7 Å². The van der Waals surface area contributed by atoms with Crippen LogP contribution in [0.5, 0.6) is 0 Å². The summed E-state index contributed by atoms with van der Waals surface area (Å²) in [6.45, 7) is 2.84. The lowest BCUT2D eigenvalue weighted by Crippen LogP contribution is -2.82. The molecule has 2 saturated heterocycles. The van der Waals surface area contributed by atoms with Crippen molar-refractivity contribution in [2.24, 2.45) is 16.7 Å². The molecule has 0 aromatic carbocycles. The molecule has 128 valence electrons. The maximum atomic E-state index is 12.2. The van der Waals surface area contributed by atoms with Gasteiger partial charge in [0.25, 0.3) is 0 Å². The van der Waals surface area contributed by atoms with Gasteiger partial charge in [-0.2, -0.15) is 0 Å². The van der Waals surface area contributed by atoms with E-state index < -0.39 is 58.2 Å². The molecule has 4 rings (SSSR count). The van der Waals surface area contributed by atoms with Gasteiger partial charge >= 0.3 is 11.9 Å². The van der Waals surface area contributed by atoms with E-state index in [4.69, 9.17) is 9.47 Å². The van der Waals surface area contributed by atoms with Crippen LogP contribution in [-0.2, 0) is 19.1 Å². The Bertz CT molecular complexity index is 621. The third-order valence-corrected chi connectivity index (χ3v) is 7.09. The molecule has 8 heteroatoms. The second kappa shape index (κ2) is 3.88. The average molecular weight is 328 g/mol. The number of ether oxygens (including phenoxy) is 2. The summed E-state index contributed by atoms with van der Waals surface area (Å²) in [6.07, 6.45) is -4.17. The molecule has 4 N–H and O–H groups in total. The molecule has 0 aromatic rings. The van der Waals surface area contributed by atoms with Crippen LogP contribution in [0.4, 0.5) is 0 Å². The quantitative estimate of drug-likeness (QED) is 0.379. The van der Waals surface area contributed by atoms with E-state index in [1.807, 2.05) is 0 Å². The second-order valence-electron chi connectivity index (χ2n) is 7.67. The lowest BCUT2D eigenvalue weighted by Gasteiger charge is -2.64. The fourth-order valence-electron chi connectivity index (χ4n) is 5.77. The maximum absolute atomic E-state index is 12.2. The monoisotopic (exact) mass is 328 g/mol. The number of cyclic esters (lactones) is 1. The van der Waals surface area contributed by atoms with Gasteiger partial charge in [-0.25, -0.2) is 9.59 Å². The lowest BCUT2D eigenvalue weighted by atomic mass is 9.44. The molecule has 0 radical (unpaired) electrons. The molecule has 2 saturated carbocycles. The fourth-order valence-corrected chi connectivity index (χ4v) is 5.77. The van der Waals surface area contributed by atoms with Gasteiger partial charge in [0.05, 0.1) is 11.5 Å². The molecule has 2 aliphatic carbocycles. The number of carbonyl (C=O) groups excluding carboxylic acids is 2. The third kappa shape index (κ3) is 1.18. The highest BCUT2D eigenvalue weighted by Gasteiger charge is 2.87. The first-order valence-corrected chi connectivity index (χ1v) is 7.76. The van der Waals surface area contributed by atoms with E-state index in [2.05, 4.69) is 0 Å². The van der Waals surface area contributed by atoms with E-state index in [0.29, 0.717) is 0 Å². The summed E-state index contributed by atoms with van der Waals surface area (Å²) in [5, 5.41) is 43.7. The van der Waals surface area contributed by atoms with Crippen LogP contribution in [0.15, 0.2) is 0 Å². The molecule has 1 spiro atoms. The first kappa shape index (κ1) is 15.3. The zero-order valence-electron chi connectivity index (χ0n) is 12.9. The number of carbonyl (C=O) groups is 2. The highest BCUT2D eigenvalue weighted by Crippen LogP contribution is 2.71. The Morgan fingerprint density at radius 3 is 2.52 bits per heavy atom. The molecular formula is C15H20O8. The van der Waals surface area contributed by atoms with E-state index in [0.717, 1.165) is 0 Å². The molecule has 2 heterocycles. The third-order valence-electron chi connectivity index (χ3n) is 7.09. The Balaban J connectivity index is 2.04. The lowest BCUT2D eigenvalue weighted by molar-refractivity contribution is -0.333. The predicted molar refractivity (Wildman–Crippen MR) is 71.7 cm³/mol. The van der Waals surface area contributed by atoms with Crippen LogP contribution in [0.25, 0.3) is 0 Å². The van der Waals surface area contributed by atoms with E-state index >= 15 is 0 Å². The number of aliphatic hydroxyl groups excluding tert-OH is 2. The van der Waals surface area contributed by atoms with Crippen molar-refractivity contribution in [3.05, 3.63) is 0 Å². The van der Waals surface area contributed by atoms with E-state index in [1.54, 1.807) is 6.92 Å². The molecule has 8 nitrogen and oxygen atoms in total. The predicted octanol–water partition coefficient (Wildman–Crippen LogP) is -1.91.